The monoisotopic (exact) mass is 307 g/mol. The summed E-state index contributed by atoms with van der Waals surface area (Å²) in [6.45, 7) is 4.68. The van der Waals surface area contributed by atoms with Gasteiger partial charge in [0.05, 0.1) is 0 Å². The number of nitrogens with one attached hydrogen (secondary N) is 1. The summed E-state index contributed by atoms with van der Waals surface area (Å²) in [6.07, 6.45) is 2.84. The summed E-state index contributed by atoms with van der Waals surface area (Å²) in [5.74, 6) is 0. The minimum atomic E-state index is 0. The standard InChI is InChI=1S/C17H18ClN.ClH/c1-2-6-17(15-9-11-16(18)12-10-15)19-13-14-7-4-3-5-8-14;/h2-5,7-12,17,19H,1,6,13H2;1H. The van der Waals surface area contributed by atoms with Crippen LogP contribution in [0.25, 0.3) is 0 Å². The zero-order valence-corrected chi connectivity index (χ0v) is 12.8. The maximum atomic E-state index is 5.93. The Morgan fingerprint density at radius 1 is 1.05 bits per heavy atom. The Labute approximate surface area is 132 Å². The molecule has 0 spiro atoms. The lowest BCUT2D eigenvalue weighted by molar-refractivity contribution is 0.539. The first kappa shape index (κ1) is 16.8. The molecule has 1 nitrogen and oxygen atoms in total. The molecular weight excluding hydrogens is 289 g/mol. The van der Waals surface area contributed by atoms with Crippen LogP contribution in [0.3, 0.4) is 0 Å². The largest absolute Gasteiger partial charge is 0.306 e. The van der Waals surface area contributed by atoms with Crippen molar-refractivity contribution in [1.29, 1.82) is 0 Å². The molecule has 0 amide bonds. The summed E-state index contributed by atoms with van der Waals surface area (Å²) in [5, 5.41) is 4.33. The van der Waals surface area contributed by atoms with Crippen molar-refractivity contribution in [2.45, 2.75) is 19.0 Å². The first-order valence-corrected chi connectivity index (χ1v) is 6.81. The van der Waals surface area contributed by atoms with Crippen molar-refractivity contribution in [2.75, 3.05) is 0 Å². The van der Waals surface area contributed by atoms with Gasteiger partial charge in [0, 0.05) is 17.6 Å². The third kappa shape index (κ3) is 5.01. The number of hydrogen-bond acceptors (Lipinski definition) is 1. The smallest absolute Gasteiger partial charge is 0.0406 e. The molecule has 0 radical (unpaired) electrons. The van der Waals surface area contributed by atoms with Gasteiger partial charge in [-0.25, -0.2) is 0 Å². The number of benzene rings is 2. The van der Waals surface area contributed by atoms with Gasteiger partial charge in [0.1, 0.15) is 0 Å². The molecule has 0 bridgehead atoms. The van der Waals surface area contributed by atoms with Crippen molar-refractivity contribution < 1.29 is 0 Å². The molecule has 2 rings (SSSR count). The molecule has 0 heterocycles. The van der Waals surface area contributed by atoms with Crippen molar-refractivity contribution in [1.82, 2.24) is 5.32 Å². The van der Waals surface area contributed by atoms with Gasteiger partial charge < -0.3 is 5.32 Å². The highest BCUT2D eigenvalue weighted by Gasteiger charge is 2.08. The summed E-state index contributed by atoms with van der Waals surface area (Å²) < 4.78 is 0. The molecule has 0 saturated carbocycles. The van der Waals surface area contributed by atoms with Gasteiger partial charge in [0.2, 0.25) is 0 Å². The number of rotatable bonds is 6. The quantitative estimate of drug-likeness (QED) is 0.726. The fourth-order valence-electron chi connectivity index (χ4n) is 2.04. The van der Waals surface area contributed by atoms with Crippen molar-refractivity contribution in [3.63, 3.8) is 0 Å². The van der Waals surface area contributed by atoms with Crippen LogP contribution in [0.15, 0.2) is 67.3 Å². The van der Waals surface area contributed by atoms with Crippen LogP contribution in [0.4, 0.5) is 0 Å². The Balaban J connectivity index is 0.00000200. The second-order valence-corrected chi connectivity index (χ2v) is 4.93. The van der Waals surface area contributed by atoms with E-state index in [1.807, 2.05) is 24.3 Å². The number of halogens is 2. The summed E-state index contributed by atoms with van der Waals surface area (Å²) in [7, 11) is 0. The average molecular weight is 308 g/mol. The minimum absolute atomic E-state index is 0. The predicted octanol–water partition coefficient (Wildman–Crippen LogP) is 5.17. The minimum Gasteiger partial charge on any atom is -0.306 e. The van der Waals surface area contributed by atoms with Crippen molar-refractivity contribution in [2.24, 2.45) is 0 Å². The molecular formula is C17H19Cl2N. The SMILES string of the molecule is C=CCC(NCc1ccccc1)c1ccc(Cl)cc1.Cl. The van der Waals surface area contributed by atoms with Gasteiger partial charge in [-0.2, -0.15) is 0 Å². The molecule has 0 saturated heterocycles. The van der Waals surface area contributed by atoms with Crippen LogP contribution in [0.5, 0.6) is 0 Å². The summed E-state index contributed by atoms with van der Waals surface area (Å²) in [5.41, 5.74) is 2.52. The molecule has 1 atom stereocenters. The van der Waals surface area contributed by atoms with E-state index in [0.29, 0.717) is 0 Å². The van der Waals surface area contributed by atoms with Gasteiger partial charge in [0.15, 0.2) is 0 Å². The Morgan fingerprint density at radius 3 is 2.30 bits per heavy atom. The summed E-state index contributed by atoms with van der Waals surface area (Å²) >= 11 is 5.93. The highest BCUT2D eigenvalue weighted by atomic mass is 35.5. The van der Waals surface area contributed by atoms with Gasteiger partial charge in [-0.15, -0.1) is 19.0 Å². The van der Waals surface area contributed by atoms with Gasteiger partial charge in [-0.05, 0) is 29.7 Å². The van der Waals surface area contributed by atoms with Crippen LogP contribution in [0.2, 0.25) is 5.02 Å². The summed E-state index contributed by atoms with van der Waals surface area (Å²) in [4.78, 5) is 0. The van der Waals surface area contributed by atoms with Crippen LogP contribution in [-0.2, 0) is 6.54 Å². The maximum Gasteiger partial charge on any atom is 0.0406 e. The molecule has 0 aromatic heterocycles. The molecule has 2 aromatic carbocycles. The fourth-order valence-corrected chi connectivity index (χ4v) is 2.16. The first-order valence-electron chi connectivity index (χ1n) is 6.43. The maximum absolute atomic E-state index is 5.93. The van der Waals surface area contributed by atoms with Crippen LogP contribution in [-0.4, -0.2) is 0 Å². The molecule has 20 heavy (non-hydrogen) atoms. The van der Waals surface area contributed by atoms with E-state index >= 15 is 0 Å². The Hall–Kier alpha value is -1.28. The van der Waals surface area contributed by atoms with Gasteiger partial charge in [-0.3, -0.25) is 0 Å². The summed E-state index contributed by atoms with van der Waals surface area (Å²) in [6, 6.07) is 18.7. The van der Waals surface area contributed by atoms with E-state index in [9.17, 15) is 0 Å². The van der Waals surface area contributed by atoms with Crippen molar-refractivity contribution in [3.8, 4) is 0 Å². The lowest BCUT2D eigenvalue weighted by Gasteiger charge is -2.18. The van der Waals surface area contributed by atoms with Crippen LogP contribution < -0.4 is 5.32 Å². The second kappa shape index (κ2) is 8.80. The van der Waals surface area contributed by atoms with E-state index in [2.05, 4.69) is 48.3 Å². The molecule has 0 fully saturated rings. The van der Waals surface area contributed by atoms with E-state index in [1.54, 1.807) is 0 Å². The molecule has 0 aliphatic carbocycles. The second-order valence-electron chi connectivity index (χ2n) is 4.50. The predicted molar refractivity (Wildman–Crippen MR) is 89.5 cm³/mol. The van der Waals surface area contributed by atoms with Crippen molar-refractivity contribution in [3.05, 3.63) is 83.4 Å². The third-order valence-electron chi connectivity index (χ3n) is 3.07. The fraction of sp³-hybridized carbons (Fsp3) is 0.176. The Morgan fingerprint density at radius 2 is 1.70 bits per heavy atom. The molecule has 1 unspecified atom stereocenters. The zero-order valence-electron chi connectivity index (χ0n) is 11.3. The van der Waals surface area contributed by atoms with E-state index < -0.39 is 0 Å². The van der Waals surface area contributed by atoms with E-state index in [0.717, 1.165) is 18.0 Å². The number of hydrogen-bond donors (Lipinski definition) is 1. The van der Waals surface area contributed by atoms with Crippen LogP contribution in [0.1, 0.15) is 23.6 Å². The molecule has 3 heteroatoms. The lowest BCUT2D eigenvalue weighted by Crippen LogP contribution is -2.20. The molecule has 106 valence electrons. The van der Waals surface area contributed by atoms with Gasteiger partial charge >= 0.3 is 0 Å². The van der Waals surface area contributed by atoms with E-state index in [4.69, 9.17) is 11.6 Å². The van der Waals surface area contributed by atoms with E-state index in [-0.39, 0.29) is 18.4 Å². The molecule has 1 N–H and O–H groups in total. The highest BCUT2D eigenvalue weighted by molar-refractivity contribution is 6.30. The Bertz CT molecular complexity index is 508. The highest BCUT2D eigenvalue weighted by Crippen LogP contribution is 2.20. The zero-order chi connectivity index (χ0) is 13.5. The topological polar surface area (TPSA) is 12.0 Å². The normalized spacial score (nSPS) is 11.4. The van der Waals surface area contributed by atoms with Gasteiger partial charge in [-0.1, -0.05) is 60.1 Å². The van der Waals surface area contributed by atoms with Gasteiger partial charge in [0.25, 0.3) is 0 Å². The molecule has 0 aliphatic heterocycles. The average Bonchev–Trinajstić information content (AvgIpc) is 2.46. The van der Waals surface area contributed by atoms with E-state index in [1.165, 1.54) is 11.1 Å². The Kier molecular flexibility index (Phi) is 7.38. The van der Waals surface area contributed by atoms with Crippen LogP contribution >= 0.6 is 24.0 Å². The molecule has 0 aliphatic rings. The third-order valence-corrected chi connectivity index (χ3v) is 3.32. The first-order chi connectivity index (χ1) is 9.29. The van der Waals surface area contributed by atoms with Crippen molar-refractivity contribution >= 4 is 24.0 Å². The molecule has 2 aromatic rings. The lowest BCUT2D eigenvalue weighted by atomic mass is 10.0. The van der Waals surface area contributed by atoms with Crippen LogP contribution in [0, 0.1) is 0 Å².